The summed E-state index contributed by atoms with van der Waals surface area (Å²) in [6.45, 7) is 1.33. The first-order valence-electron chi connectivity index (χ1n) is 3.63. The Morgan fingerprint density at radius 2 is 2.15 bits per heavy atom. The highest BCUT2D eigenvalue weighted by molar-refractivity contribution is 5.94. The van der Waals surface area contributed by atoms with Crippen LogP contribution in [0.15, 0.2) is 12.1 Å². The highest BCUT2D eigenvalue weighted by Gasteiger charge is 2.12. The number of phenolic OH excluding ortho intramolecular Hbond substituents is 1. The Balaban J connectivity index is 3.30. The van der Waals surface area contributed by atoms with Gasteiger partial charge in [0, 0.05) is 5.56 Å². The first kappa shape index (κ1) is 9.51. The Labute approximate surface area is 74.8 Å². The molecule has 0 aliphatic rings. The van der Waals surface area contributed by atoms with Crippen LogP contribution in [0.1, 0.15) is 17.3 Å². The van der Waals surface area contributed by atoms with Crippen LogP contribution in [0.2, 0.25) is 0 Å². The molecular formula is C9H9FO3. The lowest BCUT2D eigenvalue weighted by molar-refractivity contribution is 0.101. The third-order valence-electron chi connectivity index (χ3n) is 1.65. The summed E-state index contributed by atoms with van der Waals surface area (Å²) in [6, 6.07) is 2.32. The quantitative estimate of drug-likeness (QED) is 0.712. The number of Topliss-reactive ketones (excluding diaryl/α,β-unsaturated/α-hetero) is 1. The zero-order chi connectivity index (χ0) is 10.0. The van der Waals surface area contributed by atoms with Crippen LogP contribution in [0, 0.1) is 5.82 Å². The molecule has 0 spiro atoms. The van der Waals surface area contributed by atoms with Crippen molar-refractivity contribution < 1.29 is 19.0 Å². The second kappa shape index (κ2) is 3.43. The van der Waals surface area contributed by atoms with Crippen molar-refractivity contribution in [3.8, 4) is 11.5 Å². The molecule has 0 radical (unpaired) electrons. The summed E-state index contributed by atoms with van der Waals surface area (Å²) in [5, 5.41) is 9.05. The number of carbonyl (C=O) groups is 1. The number of hydrogen-bond acceptors (Lipinski definition) is 3. The largest absolute Gasteiger partial charge is 0.505 e. The maximum Gasteiger partial charge on any atom is 0.206 e. The van der Waals surface area contributed by atoms with Gasteiger partial charge in [-0.05, 0) is 19.1 Å². The van der Waals surface area contributed by atoms with Crippen molar-refractivity contribution in [2.75, 3.05) is 7.11 Å². The second-order valence-corrected chi connectivity index (χ2v) is 2.57. The Hall–Kier alpha value is -1.58. The fourth-order valence-electron chi connectivity index (χ4n) is 0.935. The standard InChI is InChI=1S/C9H9FO3/c1-5(11)6-3-7(12)9(10)8(4-6)13-2/h3-4,12H,1-2H3. The second-order valence-electron chi connectivity index (χ2n) is 2.57. The predicted octanol–water partition coefficient (Wildman–Crippen LogP) is 1.74. The molecule has 0 fully saturated rings. The van der Waals surface area contributed by atoms with Gasteiger partial charge in [0.1, 0.15) is 0 Å². The van der Waals surface area contributed by atoms with Crippen LogP contribution in [0.5, 0.6) is 11.5 Å². The molecule has 0 unspecified atom stereocenters. The zero-order valence-corrected chi connectivity index (χ0v) is 7.30. The van der Waals surface area contributed by atoms with Gasteiger partial charge in [-0.15, -0.1) is 0 Å². The number of benzene rings is 1. The molecule has 1 aromatic carbocycles. The fraction of sp³-hybridized carbons (Fsp3) is 0.222. The molecule has 1 N–H and O–H groups in total. The average Bonchev–Trinajstić information content (AvgIpc) is 2.09. The number of phenols is 1. The van der Waals surface area contributed by atoms with Crippen LogP contribution in [-0.2, 0) is 0 Å². The molecule has 1 aromatic rings. The Morgan fingerprint density at radius 1 is 1.54 bits per heavy atom. The van der Waals surface area contributed by atoms with E-state index >= 15 is 0 Å². The van der Waals surface area contributed by atoms with E-state index in [0.717, 1.165) is 6.07 Å². The molecule has 1 rings (SSSR count). The summed E-state index contributed by atoms with van der Waals surface area (Å²) in [7, 11) is 1.27. The third-order valence-corrected chi connectivity index (χ3v) is 1.65. The van der Waals surface area contributed by atoms with Crippen LogP contribution in [0.4, 0.5) is 4.39 Å². The van der Waals surface area contributed by atoms with Gasteiger partial charge < -0.3 is 9.84 Å². The van der Waals surface area contributed by atoms with Crippen LogP contribution in [-0.4, -0.2) is 18.0 Å². The smallest absolute Gasteiger partial charge is 0.206 e. The minimum atomic E-state index is -0.854. The number of methoxy groups -OCH3 is 1. The molecule has 0 amide bonds. The van der Waals surface area contributed by atoms with Crippen molar-refractivity contribution in [2.24, 2.45) is 0 Å². The van der Waals surface area contributed by atoms with Gasteiger partial charge in [0.05, 0.1) is 7.11 Å². The molecule has 3 nitrogen and oxygen atoms in total. The Bertz CT molecular complexity index is 347. The van der Waals surface area contributed by atoms with E-state index in [-0.39, 0.29) is 17.1 Å². The van der Waals surface area contributed by atoms with E-state index in [1.54, 1.807) is 0 Å². The summed E-state index contributed by atoms with van der Waals surface area (Å²) < 4.78 is 17.6. The normalized spacial score (nSPS) is 9.77. The molecule has 0 aromatic heterocycles. The lowest BCUT2D eigenvalue weighted by Crippen LogP contribution is -1.96. The fourth-order valence-corrected chi connectivity index (χ4v) is 0.935. The SMILES string of the molecule is COc1cc(C(C)=O)cc(O)c1F. The monoisotopic (exact) mass is 184 g/mol. The lowest BCUT2D eigenvalue weighted by atomic mass is 10.1. The van der Waals surface area contributed by atoms with Gasteiger partial charge in [0.2, 0.25) is 5.82 Å². The number of ketones is 1. The van der Waals surface area contributed by atoms with E-state index in [0.29, 0.717) is 0 Å². The van der Waals surface area contributed by atoms with E-state index in [1.807, 2.05) is 0 Å². The van der Waals surface area contributed by atoms with Crippen molar-refractivity contribution in [1.82, 2.24) is 0 Å². The summed E-state index contributed by atoms with van der Waals surface area (Å²) in [6.07, 6.45) is 0. The van der Waals surface area contributed by atoms with Gasteiger partial charge in [0.25, 0.3) is 0 Å². The van der Waals surface area contributed by atoms with Crippen molar-refractivity contribution in [2.45, 2.75) is 6.92 Å². The molecule has 13 heavy (non-hydrogen) atoms. The van der Waals surface area contributed by atoms with E-state index < -0.39 is 11.6 Å². The maximum absolute atomic E-state index is 13.0. The van der Waals surface area contributed by atoms with Gasteiger partial charge >= 0.3 is 0 Å². The van der Waals surface area contributed by atoms with E-state index in [2.05, 4.69) is 4.74 Å². The molecule has 70 valence electrons. The first-order valence-corrected chi connectivity index (χ1v) is 3.63. The molecular weight excluding hydrogens is 175 g/mol. The average molecular weight is 184 g/mol. The summed E-state index contributed by atoms with van der Waals surface area (Å²) >= 11 is 0. The van der Waals surface area contributed by atoms with Crippen LogP contribution >= 0.6 is 0 Å². The number of hydrogen-bond donors (Lipinski definition) is 1. The maximum atomic E-state index is 13.0. The first-order chi connectivity index (χ1) is 6.06. The van der Waals surface area contributed by atoms with E-state index in [9.17, 15) is 9.18 Å². The number of rotatable bonds is 2. The highest BCUT2D eigenvalue weighted by atomic mass is 19.1. The van der Waals surface area contributed by atoms with Crippen LogP contribution in [0.3, 0.4) is 0 Å². The summed E-state index contributed by atoms with van der Waals surface area (Å²) in [4.78, 5) is 10.9. The van der Waals surface area contributed by atoms with Gasteiger partial charge in [-0.1, -0.05) is 0 Å². The number of halogens is 1. The van der Waals surface area contributed by atoms with Crippen molar-refractivity contribution in [3.05, 3.63) is 23.5 Å². The number of carbonyl (C=O) groups excluding carboxylic acids is 1. The number of ether oxygens (including phenoxy) is 1. The minimum absolute atomic E-state index is 0.134. The molecule has 0 aliphatic carbocycles. The van der Waals surface area contributed by atoms with Crippen molar-refractivity contribution in [3.63, 3.8) is 0 Å². The van der Waals surface area contributed by atoms with E-state index in [4.69, 9.17) is 5.11 Å². The van der Waals surface area contributed by atoms with Gasteiger partial charge in [0.15, 0.2) is 17.3 Å². The molecule has 0 bridgehead atoms. The Kier molecular flexibility index (Phi) is 2.51. The summed E-state index contributed by atoms with van der Waals surface area (Å²) in [5.41, 5.74) is 0.218. The van der Waals surface area contributed by atoms with Crippen LogP contribution in [0.25, 0.3) is 0 Å². The van der Waals surface area contributed by atoms with Crippen molar-refractivity contribution in [1.29, 1.82) is 0 Å². The molecule has 0 heterocycles. The predicted molar refractivity (Wildman–Crippen MR) is 44.6 cm³/mol. The molecule has 0 saturated carbocycles. The van der Waals surface area contributed by atoms with Gasteiger partial charge in [-0.25, -0.2) is 0 Å². The summed E-state index contributed by atoms with van der Waals surface area (Å²) in [5.74, 6) is -1.82. The highest BCUT2D eigenvalue weighted by Crippen LogP contribution is 2.27. The van der Waals surface area contributed by atoms with Crippen LogP contribution < -0.4 is 4.74 Å². The number of aromatic hydroxyl groups is 1. The molecule has 0 atom stereocenters. The zero-order valence-electron chi connectivity index (χ0n) is 7.30. The van der Waals surface area contributed by atoms with Gasteiger partial charge in [-0.3, -0.25) is 4.79 Å². The molecule has 4 heteroatoms. The topological polar surface area (TPSA) is 46.5 Å². The molecule has 0 saturated heterocycles. The Morgan fingerprint density at radius 3 is 2.62 bits per heavy atom. The third kappa shape index (κ3) is 1.77. The van der Waals surface area contributed by atoms with E-state index in [1.165, 1.54) is 20.1 Å². The molecule has 0 aliphatic heterocycles. The minimum Gasteiger partial charge on any atom is -0.505 e. The van der Waals surface area contributed by atoms with Gasteiger partial charge in [-0.2, -0.15) is 4.39 Å². The lowest BCUT2D eigenvalue weighted by Gasteiger charge is -2.05. The van der Waals surface area contributed by atoms with Crippen molar-refractivity contribution >= 4 is 5.78 Å².